The Morgan fingerprint density at radius 1 is 1.14 bits per heavy atom. The normalized spacial score (nSPS) is 10.5. The number of carbonyl (C=O) groups excluding carboxylic acids is 2. The fourth-order valence-electron chi connectivity index (χ4n) is 1.66. The van der Waals surface area contributed by atoms with Gasteiger partial charge in [0.15, 0.2) is 0 Å². The van der Waals surface area contributed by atoms with E-state index in [1.54, 1.807) is 36.4 Å². The average Bonchev–Trinajstić information content (AvgIpc) is 2.55. The Hall–Kier alpha value is -3.02. The molecular weight excluding hydrogens is 282 g/mol. The number of nitrogens with one attached hydrogen (secondary N) is 1. The lowest BCUT2D eigenvalue weighted by Gasteiger charge is -2.00. The minimum atomic E-state index is -0.399. The smallest absolute Gasteiger partial charge is 0.337 e. The van der Waals surface area contributed by atoms with Crippen LogP contribution in [0.4, 0.5) is 0 Å². The molecule has 2 rings (SSSR count). The second kappa shape index (κ2) is 7.12. The first-order valence-electron chi connectivity index (χ1n) is 6.54. The van der Waals surface area contributed by atoms with E-state index >= 15 is 0 Å². The summed E-state index contributed by atoms with van der Waals surface area (Å²) < 4.78 is 4.61. The number of ether oxygens (including phenoxy) is 1. The Balaban J connectivity index is 1.96. The lowest BCUT2D eigenvalue weighted by molar-refractivity contribution is 0.0600. The summed E-state index contributed by atoms with van der Waals surface area (Å²) in [6.07, 6.45) is 2.98. The average molecular weight is 297 g/mol. The van der Waals surface area contributed by atoms with E-state index in [2.05, 4.69) is 20.2 Å². The molecule has 2 aromatic rings. The van der Waals surface area contributed by atoms with E-state index in [-0.39, 0.29) is 5.91 Å². The molecule has 0 unspecified atom stereocenters. The van der Waals surface area contributed by atoms with Gasteiger partial charge in [-0.1, -0.05) is 12.1 Å². The van der Waals surface area contributed by atoms with E-state index in [4.69, 9.17) is 0 Å². The van der Waals surface area contributed by atoms with Crippen molar-refractivity contribution in [3.8, 4) is 0 Å². The first-order valence-corrected chi connectivity index (χ1v) is 6.54. The number of hydrazone groups is 1. The maximum absolute atomic E-state index is 11.8. The van der Waals surface area contributed by atoms with Gasteiger partial charge in [0.1, 0.15) is 0 Å². The molecule has 6 heteroatoms. The van der Waals surface area contributed by atoms with Gasteiger partial charge in [-0.05, 0) is 36.8 Å². The number of carbonyl (C=O) groups is 2. The number of benzene rings is 1. The van der Waals surface area contributed by atoms with E-state index in [0.29, 0.717) is 11.1 Å². The van der Waals surface area contributed by atoms with Gasteiger partial charge in [0.05, 0.1) is 24.5 Å². The molecule has 1 aromatic carbocycles. The second-order valence-electron chi connectivity index (χ2n) is 4.50. The van der Waals surface area contributed by atoms with Crippen molar-refractivity contribution in [2.24, 2.45) is 5.10 Å². The molecule has 1 amide bonds. The molecule has 0 aliphatic rings. The van der Waals surface area contributed by atoms with Crippen molar-refractivity contribution in [3.05, 3.63) is 65.0 Å². The number of rotatable bonds is 4. The number of pyridine rings is 1. The van der Waals surface area contributed by atoms with Gasteiger partial charge < -0.3 is 4.74 Å². The summed E-state index contributed by atoms with van der Waals surface area (Å²) in [7, 11) is 1.33. The molecule has 0 spiro atoms. The minimum absolute atomic E-state index is 0.338. The third-order valence-corrected chi connectivity index (χ3v) is 2.89. The molecule has 6 nitrogen and oxygen atoms in total. The molecule has 0 radical (unpaired) electrons. The molecule has 0 saturated heterocycles. The van der Waals surface area contributed by atoms with Gasteiger partial charge in [-0.15, -0.1) is 0 Å². The Bertz CT molecular complexity index is 692. The summed E-state index contributed by atoms with van der Waals surface area (Å²) in [5.74, 6) is -0.737. The van der Waals surface area contributed by atoms with Crippen LogP contribution in [0.25, 0.3) is 0 Å². The topological polar surface area (TPSA) is 80.6 Å². The molecule has 1 heterocycles. The number of aromatic nitrogens is 1. The first-order chi connectivity index (χ1) is 10.6. The predicted octanol–water partition coefficient (Wildman–Crippen LogP) is 1.94. The molecule has 0 fully saturated rings. The maximum atomic E-state index is 11.8. The highest BCUT2D eigenvalue weighted by Crippen LogP contribution is 2.04. The zero-order valence-electron chi connectivity index (χ0n) is 12.2. The van der Waals surface area contributed by atoms with Crippen molar-refractivity contribution in [1.82, 2.24) is 10.4 Å². The van der Waals surface area contributed by atoms with Crippen LogP contribution < -0.4 is 5.43 Å². The minimum Gasteiger partial charge on any atom is -0.465 e. The Kier molecular flexibility index (Phi) is 4.98. The third kappa shape index (κ3) is 3.99. The molecule has 0 aliphatic heterocycles. The van der Waals surface area contributed by atoms with E-state index < -0.39 is 5.97 Å². The predicted molar refractivity (Wildman–Crippen MR) is 81.8 cm³/mol. The van der Waals surface area contributed by atoms with E-state index in [1.807, 2.05) is 6.92 Å². The van der Waals surface area contributed by atoms with Gasteiger partial charge in [0.25, 0.3) is 5.91 Å². The molecule has 0 aliphatic carbocycles. The van der Waals surface area contributed by atoms with Crippen molar-refractivity contribution in [3.63, 3.8) is 0 Å². The van der Waals surface area contributed by atoms with Crippen LogP contribution in [0.5, 0.6) is 0 Å². The monoisotopic (exact) mass is 297 g/mol. The highest BCUT2D eigenvalue weighted by atomic mass is 16.5. The number of hydrogen-bond donors (Lipinski definition) is 1. The Morgan fingerprint density at radius 3 is 2.41 bits per heavy atom. The van der Waals surface area contributed by atoms with Crippen molar-refractivity contribution >= 4 is 18.1 Å². The van der Waals surface area contributed by atoms with Crippen LogP contribution in [0.1, 0.15) is 32.0 Å². The standard InChI is InChI=1S/C16H15N3O3/c1-11-3-6-14(10-17-11)15(20)19-18-9-12-4-7-13(8-5-12)16(21)22-2/h3-10H,1-2H3,(H,19,20)/b18-9-. The van der Waals surface area contributed by atoms with Crippen LogP contribution in [-0.4, -0.2) is 30.2 Å². The number of methoxy groups -OCH3 is 1. The number of nitrogens with zero attached hydrogens (tertiary/aromatic N) is 2. The van der Waals surface area contributed by atoms with Crippen molar-refractivity contribution in [2.45, 2.75) is 6.92 Å². The molecule has 112 valence electrons. The van der Waals surface area contributed by atoms with Gasteiger partial charge in [0.2, 0.25) is 0 Å². The number of hydrogen-bond acceptors (Lipinski definition) is 5. The summed E-state index contributed by atoms with van der Waals surface area (Å²) in [4.78, 5) is 27.1. The van der Waals surface area contributed by atoms with Crippen LogP contribution in [0.2, 0.25) is 0 Å². The van der Waals surface area contributed by atoms with Crippen molar-refractivity contribution < 1.29 is 14.3 Å². The molecule has 1 N–H and O–H groups in total. The molecular formula is C16H15N3O3. The van der Waals surface area contributed by atoms with Gasteiger partial charge >= 0.3 is 5.97 Å². The molecule has 22 heavy (non-hydrogen) atoms. The lowest BCUT2D eigenvalue weighted by Crippen LogP contribution is -2.17. The maximum Gasteiger partial charge on any atom is 0.337 e. The number of amides is 1. The van der Waals surface area contributed by atoms with E-state index in [9.17, 15) is 9.59 Å². The van der Waals surface area contributed by atoms with Gasteiger partial charge in [-0.3, -0.25) is 9.78 Å². The van der Waals surface area contributed by atoms with Gasteiger partial charge in [-0.25, -0.2) is 10.2 Å². The highest BCUT2D eigenvalue weighted by molar-refractivity contribution is 5.94. The molecule has 0 saturated carbocycles. The van der Waals surface area contributed by atoms with Crippen LogP contribution in [0.15, 0.2) is 47.7 Å². The summed E-state index contributed by atoms with van der Waals surface area (Å²) in [5.41, 5.74) is 4.89. The Morgan fingerprint density at radius 2 is 1.82 bits per heavy atom. The summed E-state index contributed by atoms with van der Waals surface area (Å²) in [6, 6.07) is 10.1. The summed E-state index contributed by atoms with van der Waals surface area (Å²) in [6.45, 7) is 1.85. The van der Waals surface area contributed by atoms with Gasteiger partial charge in [-0.2, -0.15) is 5.10 Å². The quantitative estimate of drug-likeness (QED) is 0.531. The van der Waals surface area contributed by atoms with Crippen LogP contribution in [0.3, 0.4) is 0 Å². The molecule has 1 aromatic heterocycles. The van der Waals surface area contributed by atoms with Crippen molar-refractivity contribution in [1.29, 1.82) is 0 Å². The summed E-state index contributed by atoms with van der Waals surface area (Å²) in [5, 5.41) is 3.87. The number of esters is 1. The fourth-order valence-corrected chi connectivity index (χ4v) is 1.66. The van der Waals surface area contributed by atoms with Gasteiger partial charge in [0, 0.05) is 11.9 Å². The fraction of sp³-hybridized carbons (Fsp3) is 0.125. The molecule has 0 bridgehead atoms. The highest BCUT2D eigenvalue weighted by Gasteiger charge is 2.05. The van der Waals surface area contributed by atoms with Crippen LogP contribution in [0, 0.1) is 6.92 Å². The van der Waals surface area contributed by atoms with E-state index in [1.165, 1.54) is 19.5 Å². The second-order valence-corrected chi connectivity index (χ2v) is 4.50. The zero-order chi connectivity index (χ0) is 15.9. The number of aryl methyl sites for hydroxylation is 1. The first kappa shape index (κ1) is 15.4. The molecule has 0 atom stereocenters. The third-order valence-electron chi connectivity index (χ3n) is 2.89. The SMILES string of the molecule is COC(=O)c1ccc(/C=N\NC(=O)c2ccc(C)nc2)cc1. The van der Waals surface area contributed by atoms with E-state index in [0.717, 1.165) is 11.3 Å². The van der Waals surface area contributed by atoms with Crippen LogP contribution >= 0.6 is 0 Å². The Labute approximate surface area is 127 Å². The lowest BCUT2D eigenvalue weighted by atomic mass is 10.1. The summed E-state index contributed by atoms with van der Waals surface area (Å²) >= 11 is 0. The largest absolute Gasteiger partial charge is 0.465 e. The van der Waals surface area contributed by atoms with Crippen molar-refractivity contribution in [2.75, 3.05) is 7.11 Å². The van der Waals surface area contributed by atoms with Crippen LogP contribution in [-0.2, 0) is 4.74 Å². The zero-order valence-corrected chi connectivity index (χ0v) is 12.2.